The highest BCUT2D eigenvalue weighted by Crippen LogP contribution is 2.24. The number of aromatic nitrogens is 4. The lowest BCUT2D eigenvalue weighted by Gasteiger charge is -2.34. The Hall–Kier alpha value is -3.16. The number of nitrogens with zero attached hydrogens (tertiary/aromatic N) is 7. The monoisotopic (exact) mass is 447 g/mol. The third-order valence-electron chi connectivity index (χ3n) is 5.94. The van der Waals surface area contributed by atoms with Crippen LogP contribution in [0.5, 0.6) is 0 Å². The fraction of sp³-hybridized carbons (Fsp3) is 0.292. The van der Waals surface area contributed by atoms with Gasteiger partial charge in [0, 0.05) is 56.0 Å². The van der Waals surface area contributed by atoms with Crippen molar-refractivity contribution in [2.24, 2.45) is 0 Å². The molecule has 7 nitrogen and oxygen atoms in total. The Bertz CT molecular complexity index is 1210. The first-order valence-corrected chi connectivity index (χ1v) is 11.2. The number of hydrogen-bond donors (Lipinski definition) is 0. The van der Waals surface area contributed by atoms with Gasteiger partial charge < -0.3 is 14.7 Å². The van der Waals surface area contributed by atoms with Gasteiger partial charge in [-0.2, -0.15) is 4.52 Å². The molecule has 5 rings (SSSR count). The van der Waals surface area contributed by atoms with Crippen LogP contribution in [0.3, 0.4) is 0 Å². The molecule has 0 amide bonds. The Labute approximate surface area is 192 Å². The van der Waals surface area contributed by atoms with Gasteiger partial charge in [-0.25, -0.2) is 0 Å². The lowest BCUT2D eigenvalue weighted by molar-refractivity contribution is 0.313. The first-order valence-electron chi connectivity index (χ1n) is 10.8. The highest BCUT2D eigenvalue weighted by Gasteiger charge is 2.16. The molecule has 1 saturated heterocycles. The molecule has 0 radical (unpaired) electrons. The van der Waals surface area contributed by atoms with Gasteiger partial charge in [-0.1, -0.05) is 23.7 Å². The van der Waals surface area contributed by atoms with Crippen LogP contribution in [0.2, 0.25) is 5.02 Å². The molecule has 2 aromatic carbocycles. The smallest absolute Gasteiger partial charge is 0.185 e. The fourth-order valence-corrected chi connectivity index (χ4v) is 4.25. The summed E-state index contributed by atoms with van der Waals surface area (Å²) in [7, 11) is 4.19. The number of piperazine rings is 1. The Morgan fingerprint density at radius 1 is 0.938 bits per heavy atom. The molecule has 0 aliphatic carbocycles. The van der Waals surface area contributed by atoms with Crippen molar-refractivity contribution >= 4 is 28.8 Å². The SMILES string of the molecule is CN1CCN(c2ccc(-c3nnc4ccc(N(C)Cc5cccc(Cl)c5)nn34)cc2)CC1. The van der Waals surface area contributed by atoms with Crippen LogP contribution in [0, 0.1) is 0 Å². The van der Waals surface area contributed by atoms with E-state index in [9.17, 15) is 0 Å². The first-order chi connectivity index (χ1) is 15.6. The van der Waals surface area contributed by atoms with E-state index in [0.717, 1.165) is 59.6 Å². The number of rotatable bonds is 5. The van der Waals surface area contributed by atoms with E-state index in [1.807, 2.05) is 41.9 Å². The molecule has 0 saturated carbocycles. The zero-order valence-corrected chi connectivity index (χ0v) is 19.1. The number of anilines is 2. The van der Waals surface area contributed by atoms with Gasteiger partial charge in [0.15, 0.2) is 11.5 Å². The lowest BCUT2D eigenvalue weighted by atomic mass is 10.1. The Balaban J connectivity index is 1.39. The van der Waals surface area contributed by atoms with Crippen LogP contribution in [-0.4, -0.2) is 65.0 Å². The van der Waals surface area contributed by atoms with Crippen LogP contribution >= 0.6 is 11.6 Å². The van der Waals surface area contributed by atoms with E-state index in [-0.39, 0.29) is 0 Å². The minimum Gasteiger partial charge on any atom is -0.369 e. The van der Waals surface area contributed by atoms with Gasteiger partial charge in [0.25, 0.3) is 0 Å². The minimum absolute atomic E-state index is 0.705. The third kappa shape index (κ3) is 4.26. The second-order valence-corrected chi connectivity index (χ2v) is 8.74. The normalized spacial score (nSPS) is 14.8. The maximum absolute atomic E-state index is 6.13. The van der Waals surface area contributed by atoms with Crippen molar-refractivity contribution in [3.05, 3.63) is 71.2 Å². The summed E-state index contributed by atoms with van der Waals surface area (Å²) < 4.78 is 1.81. The van der Waals surface area contributed by atoms with Crippen LogP contribution in [0.25, 0.3) is 17.0 Å². The van der Waals surface area contributed by atoms with Crippen molar-refractivity contribution in [2.75, 3.05) is 50.1 Å². The van der Waals surface area contributed by atoms with Crippen molar-refractivity contribution in [2.45, 2.75) is 6.54 Å². The number of benzene rings is 2. The number of fused-ring (bicyclic) bond motifs is 1. The quantitative estimate of drug-likeness (QED) is 0.463. The first kappa shape index (κ1) is 20.7. The molecule has 3 heterocycles. The molecule has 1 aliphatic heterocycles. The van der Waals surface area contributed by atoms with E-state index >= 15 is 0 Å². The third-order valence-corrected chi connectivity index (χ3v) is 6.18. The van der Waals surface area contributed by atoms with Crippen molar-refractivity contribution < 1.29 is 0 Å². The molecular formula is C24H26ClN7. The molecule has 2 aromatic heterocycles. The van der Waals surface area contributed by atoms with Gasteiger partial charge in [0.2, 0.25) is 0 Å². The second-order valence-electron chi connectivity index (χ2n) is 8.31. The molecule has 0 spiro atoms. The molecule has 0 atom stereocenters. The summed E-state index contributed by atoms with van der Waals surface area (Å²) in [5, 5.41) is 14.3. The van der Waals surface area contributed by atoms with Crippen LogP contribution in [-0.2, 0) is 6.54 Å². The van der Waals surface area contributed by atoms with Crippen LogP contribution in [0.1, 0.15) is 5.56 Å². The van der Waals surface area contributed by atoms with Gasteiger partial charge in [0.1, 0.15) is 5.82 Å². The molecule has 0 bridgehead atoms. The van der Waals surface area contributed by atoms with E-state index in [1.165, 1.54) is 5.69 Å². The van der Waals surface area contributed by atoms with E-state index in [1.54, 1.807) is 0 Å². The summed E-state index contributed by atoms with van der Waals surface area (Å²) in [6.07, 6.45) is 0. The zero-order chi connectivity index (χ0) is 22.1. The standard InChI is InChI=1S/C24H26ClN7/c1-29-12-14-31(15-13-29)21-8-6-19(7-9-21)24-27-26-22-10-11-23(28-32(22)24)30(2)17-18-4-3-5-20(25)16-18/h3-11,16H,12-15,17H2,1-2H3. The van der Waals surface area contributed by atoms with E-state index in [2.05, 4.69) is 62.3 Å². The van der Waals surface area contributed by atoms with Crippen molar-refractivity contribution in [1.82, 2.24) is 24.7 Å². The molecule has 1 aliphatic rings. The maximum Gasteiger partial charge on any atom is 0.185 e. The number of halogens is 1. The molecule has 8 heteroatoms. The fourth-order valence-electron chi connectivity index (χ4n) is 4.04. The van der Waals surface area contributed by atoms with Gasteiger partial charge in [0.05, 0.1) is 0 Å². The summed E-state index contributed by atoms with van der Waals surface area (Å²) in [4.78, 5) is 6.87. The van der Waals surface area contributed by atoms with Crippen molar-refractivity contribution in [3.63, 3.8) is 0 Å². The topological polar surface area (TPSA) is 52.8 Å². The molecule has 32 heavy (non-hydrogen) atoms. The summed E-state index contributed by atoms with van der Waals surface area (Å²) >= 11 is 6.13. The highest BCUT2D eigenvalue weighted by molar-refractivity contribution is 6.30. The molecule has 1 fully saturated rings. The maximum atomic E-state index is 6.13. The largest absolute Gasteiger partial charge is 0.369 e. The lowest BCUT2D eigenvalue weighted by Crippen LogP contribution is -2.44. The summed E-state index contributed by atoms with van der Waals surface area (Å²) in [6, 6.07) is 20.3. The Kier molecular flexibility index (Phi) is 5.68. The van der Waals surface area contributed by atoms with Gasteiger partial charge >= 0.3 is 0 Å². The van der Waals surface area contributed by atoms with Gasteiger partial charge in [-0.05, 0) is 61.1 Å². The molecule has 0 N–H and O–H groups in total. The summed E-state index contributed by atoms with van der Waals surface area (Å²) in [5.41, 5.74) is 4.09. The minimum atomic E-state index is 0.705. The van der Waals surface area contributed by atoms with Crippen LogP contribution < -0.4 is 9.80 Å². The summed E-state index contributed by atoms with van der Waals surface area (Å²) in [6.45, 7) is 4.98. The Morgan fingerprint density at radius 2 is 1.72 bits per heavy atom. The van der Waals surface area contributed by atoms with E-state index in [0.29, 0.717) is 6.54 Å². The van der Waals surface area contributed by atoms with Gasteiger partial charge in [-0.15, -0.1) is 15.3 Å². The molecule has 164 valence electrons. The number of hydrogen-bond acceptors (Lipinski definition) is 6. The average molecular weight is 448 g/mol. The molecule has 0 unspecified atom stereocenters. The molecule has 4 aromatic rings. The number of likely N-dealkylation sites (N-methyl/N-ethyl adjacent to an activating group) is 1. The Morgan fingerprint density at radius 3 is 2.47 bits per heavy atom. The van der Waals surface area contributed by atoms with E-state index in [4.69, 9.17) is 16.7 Å². The van der Waals surface area contributed by atoms with Gasteiger partial charge in [-0.3, -0.25) is 0 Å². The van der Waals surface area contributed by atoms with Crippen LogP contribution in [0.15, 0.2) is 60.7 Å². The highest BCUT2D eigenvalue weighted by atomic mass is 35.5. The van der Waals surface area contributed by atoms with Crippen LogP contribution in [0.4, 0.5) is 11.5 Å². The predicted octanol–water partition coefficient (Wildman–Crippen LogP) is 3.83. The summed E-state index contributed by atoms with van der Waals surface area (Å²) in [5.74, 6) is 1.58. The average Bonchev–Trinajstić information content (AvgIpc) is 3.23. The van der Waals surface area contributed by atoms with Crippen molar-refractivity contribution in [3.8, 4) is 11.4 Å². The predicted molar refractivity (Wildman–Crippen MR) is 129 cm³/mol. The van der Waals surface area contributed by atoms with E-state index < -0.39 is 0 Å². The zero-order valence-electron chi connectivity index (χ0n) is 18.3. The van der Waals surface area contributed by atoms with Crippen molar-refractivity contribution in [1.29, 1.82) is 0 Å². The molecular weight excluding hydrogens is 422 g/mol. The second kappa shape index (κ2) is 8.76.